The number of nitrogens with zero attached hydrogens (tertiary/aromatic N) is 1. The van der Waals surface area contributed by atoms with Crippen LogP contribution >= 0.6 is 0 Å². The monoisotopic (exact) mass is 539 g/mol. The molecule has 8 heteroatoms. The Hall–Kier alpha value is -2.78. The summed E-state index contributed by atoms with van der Waals surface area (Å²) in [6.45, 7) is 5.66. The van der Waals surface area contributed by atoms with Gasteiger partial charge in [-0.25, -0.2) is 12.7 Å². The van der Waals surface area contributed by atoms with Gasteiger partial charge in [0.2, 0.25) is 15.9 Å². The molecule has 7 nitrogen and oxygen atoms in total. The highest BCUT2D eigenvalue weighted by Crippen LogP contribution is 2.20. The molecule has 0 saturated carbocycles. The smallest absolute Gasteiger partial charge is 0.221 e. The zero-order valence-electron chi connectivity index (χ0n) is 22.5. The van der Waals surface area contributed by atoms with Crippen LogP contribution in [0.15, 0.2) is 72.8 Å². The molecule has 0 unspecified atom stereocenters. The maximum Gasteiger partial charge on any atom is 0.221 e. The molecule has 0 saturated heterocycles. The predicted octanol–water partition coefficient (Wildman–Crippen LogP) is 3.86. The first kappa shape index (κ1) is 29.8. The van der Waals surface area contributed by atoms with Crippen LogP contribution in [0.5, 0.6) is 0 Å². The third-order valence-corrected chi connectivity index (χ3v) is 8.45. The van der Waals surface area contributed by atoms with E-state index >= 15 is 0 Å². The number of sulfonamides is 1. The lowest BCUT2D eigenvalue weighted by molar-refractivity contribution is -0.122. The highest BCUT2D eigenvalue weighted by molar-refractivity contribution is 7.89. The first-order chi connectivity index (χ1) is 18.3. The van der Waals surface area contributed by atoms with E-state index in [1.54, 1.807) is 0 Å². The fraction of sp³-hybridized carbons (Fsp3) is 0.433. The molecule has 38 heavy (non-hydrogen) atoms. The minimum Gasteiger partial charge on any atom is -0.390 e. The summed E-state index contributed by atoms with van der Waals surface area (Å²) < 4.78 is 27.1. The number of fused-ring (bicyclic) bond motifs is 1. The van der Waals surface area contributed by atoms with Crippen LogP contribution in [0.3, 0.4) is 0 Å². The maximum atomic E-state index is 13.0. The Morgan fingerprint density at radius 3 is 2.29 bits per heavy atom. The van der Waals surface area contributed by atoms with Crippen molar-refractivity contribution >= 4 is 26.7 Å². The SMILES string of the molecule is CCCN(CCC)S(=O)(=O)CCC(=O)N[C@@H](Cc1cccc2ccccc12)[C@H](O)CNCc1ccccc1. The predicted molar refractivity (Wildman–Crippen MR) is 154 cm³/mol. The van der Waals surface area contributed by atoms with Crippen molar-refractivity contribution in [1.82, 2.24) is 14.9 Å². The van der Waals surface area contributed by atoms with E-state index in [0.29, 0.717) is 26.1 Å². The van der Waals surface area contributed by atoms with Gasteiger partial charge < -0.3 is 15.7 Å². The quantitative estimate of drug-likeness (QED) is 0.257. The third-order valence-electron chi connectivity index (χ3n) is 6.58. The van der Waals surface area contributed by atoms with Gasteiger partial charge in [-0.3, -0.25) is 4.79 Å². The minimum atomic E-state index is -3.53. The van der Waals surface area contributed by atoms with Crippen LogP contribution in [0.4, 0.5) is 0 Å². The number of hydrogen-bond acceptors (Lipinski definition) is 5. The summed E-state index contributed by atoms with van der Waals surface area (Å²) in [5.74, 6) is -0.629. The summed E-state index contributed by atoms with van der Waals surface area (Å²) in [5.41, 5.74) is 2.11. The normalized spacial score (nSPS) is 13.5. The Kier molecular flexibility index (Phi) is 11.7. The number of amides is 1. The van der Waals surface area contributed by atoms with E-state index in [4.69, 9.17) is 0 Å². The van der Waals surface area contributed by atoms with E-state index in [2.05, 4.69) is 10.6 Å². The fourth-order valence-electron chi connectivity index (χ4n) is 4.61. The maximum absolute atomic E-state index is 13.0. The second kappa shape index (κ2) is 15.0. The average molecular weight is 540 g/mol. The van der Waals surface area contributed by atoms with Crippen molar-refractivity contribution in [3.05, 3.63) is 83.9 Å². The molecule has 0 heterocycles. The van der Waals surface area contributed by atoms with Crippen molar-refractivity contribution in [2.45, 2.75) is 58.2 Å². The van der Waals surface area contributed by atoms with Crippen molar-refractivity contribution in [2.75, 3.05) is 25.4 Å². The lowest BCUT2D eigenvalue weighted by atomic mass is 9.96. The van der Waals surface area contributed by atoms with E-state index in [-0.39, 0.29) is 24.6 Å². The molecular weight excluding hydrogens is 498 g/mol. The van der Waals surface area contributed by atoms with Gasteiger partial charge in [-0.2, -0.15) is 0 Å². The number of carbonyl (C=O) groups is 1. The number of carbonyl (C=O) groups excluding carboxylic acids is 1. The van der Waals surface area contributed by atoms with Crippen molar-refractivity contribution in [3.8, 4) is 0 Å². The molecule has 3 rings (SSSR count). The molecule has 0 aliphatic rings. The Morgan fingerprint density at radius 2 is 1.58 bits per heavy atom. The van der Waals surface area contributed by atoms with Gasteiger partial charge in [-0.1, -0.05) is 86.6 Å². The number of nitrogens with one attached hydrogen (secondary N) is 2. The molecular formula is C30H41N3O4S. The molecule has 0 aromatic heterocycles. The van der Waals surface area contributed by atoms with E-state index in [1.807, 2.05) is 86.6 Å². The molecule has 0 spiro atoms. The molecule has 3 N–H and O–H groups in total. The number of benzene rings is 3. The van der Waals surface area contributed by atoms with Gasteiger partial charge in [-0.05, 0) is 41.2 Å². The molecule has 3 aromatic rings. The summed E-state index contributed by atoms with van der Waals surface area (Å²) in [6, 6.07) is 23.4. The van der Waals surface area contributed by atoms with E-state index < -0.39 is 22.2 Å². The Balaban J connectivity index is 1.70. The van der Waals surface area contributed by atoms with Gasteiger partial charge >= 0.3 is 0 Å². The Labute approximate surface area is 227 Å². The Morgan fingerprint density at radius 1 is 0.921 bits per heavy atom. The first-order valence-corrected chi connectivity index (χ1v) is 15.1. The summed E-state index contributed by atoms with van der Waals surface area (Å²) in [4.78, 5) is 13.0. The van der Waals surface area contributed by atoms with Crippen LogP contribution in [-0.4, -0.2) is 61.3 Å². The van der Waals surface area contributed by atoms with Crippen LogP contribution in [-0.2, 0) is 27.8 Å². The van der Waals surface area contributed by atoms with Crippen LogP contribution in [0.1, 0.15) is 44.2 Å². The summed E-state index contributed by atoms with van der Waals surface area (Å²) in [5, 5.41) is 19.5. The number of rotatable bonds is 16. The summed E-state index contributed by atoms with van der Waals surface area (Å²) >= 11 is 0. The van der Waals surface area contributed by atoms with Gasteiger partial charge in [0.1, 0.15) is 0 Å². The van der Waals surface area contributed by atoms with Crippen LogP contribution in [0, 0.1) is 0 Å². The second-order valence-electron chi connectivity index (χ2n) is 9.67. The van der Waals surface area contributed by atoms with Gasteiger partial charge in [0.25, 0.3) is 0 Å². The van der Waals surface area contributed by atoms with E-state index in [9.17, 15) is 18.3 Å². The van der Waals surface area contributed by atoms with Gasteiger partial charge in [0.15, 0.2) is 0 Å². The molecule has 3 aromatic carbocycles. The summed E-state index contributed by atoms with van der Waals surface area (Å²) in [7, 11) is -3.53. The highest BCUT2D eigenvalue weighted by Gasteiger charge is 2.25. The van der Waals surface area contributed by atoms with Crippen LogP contribution in [0.2, 0.25) is 0 Å². The van der Waals surface area contributed by atoms with Crippen LogP contribution < -0.4 is 10.6 Å². The van der Waals surface area contributed by atoms with Gasteiger partial charge in [0, 0.05) is 32.6 Å². The number of aliphatic hydroxyl groups excluding tert-OH is 1. The lowest BCUT2D eigenvalue weighted by Gasteiger charge is -2.26. The van der Waals surface area contributed by atoms with Crippen molar-refractivity contribution < 1.29 is 18.3 Å². The average Bonchev–Trinajstić information content (AvgIpc) is 2.92. The molecule has 0 fully saturated rings. The highest BCUT2D eigenvalue weighted by atomic mass is 32.2. The zero-order chi connectivity index (χ0) is 27.4. The van der Waals surface area contributed by atoms with Crippen molar-refractivity contribution in [2.24, 2.45) is 0 Å². The van der Waals surface area contributed by atoms with Gasteiger partial charge in [-0.15, -0.1) is 0 Å². The second-order valence-corrected chi connectivity index (χ2v) is 11.8. The minimum absolute atomic E-state index is 0.150. The summed E-state index contributed by atoms with van der Waals surface area (Å²) in [6.07, 6.45) is 0.852. The molecule has 1 amide bonds. The van der Waals surface area contributed by atoms with Crippen LogP contribution in [0.25, 0.3) is 10.8 Å². The Bertz CT molecular complexity index is 1240. The molecule has 206 valence electrons. The lowest BCUT2D eigenvalue weighted by Crippen LogP contribution is -2.49. The van der Waals surface area contributed by atoms with Crippen molar-refractivity contribution in [3.63, 3.8) is 0 Å². The first-order valence-electron chi connectivity index (χ1n) is 13.5. The molecule has 0 radical (unpaired) electrons. The number of hydrogen-bond donors (Lipinski definition) is 3. The number of aliphatic hydroxyl groups is 1. The molecule has 0 aliphatic heterocycles. The zero-order valence-corrected chi connectivity index (χ0v) is 23.3. The third kappa shape index (κ3) is 8.91. The van der Waals surface area contributed by atoms with E-state index in [0.717, 1.165) is 34.7 Å². The van der Waals surface area contributed by atoms with Crippen molar-refractivity contribution in [1.29, 1.82) is 0 Å². The molecule has 2 atom stereocenters. The molecule has 0 bridgehead atoms. The topological polar surface area (TPSA) is 98.7 Å². The standard InChI is InChI=1S/C30H41N3O4S/c1-3-18-33(19-4-2)38(36,37)20-17-30(35)32-28(29(34)23-31-22-24-11-6-5-7-12-24)21-26-15-10-14-25-13-8-9-16-27(25)26/h5-16,28-29,31,34H,3-4,17-23H2,1-2H3,(H,32,35)/t28-,29+/m0/s1. The fourth-order valence-corrected chi connectivity index (χ4v) is 6.23. The van der Waals surface area contributed by atoms with Gasteiger partial charge in [0.05, 0.1) is 17.9 Å². The largest absolute Gasteiger partial charge is 0.390 e. The van der Waals surface area contributed by atoms with E-state index in [1.165, 1.54) is 4.31 Å². The molecule has 0 aliphatic carbocycles.